The average molecular weight is 492 g/mol. The maximum atomic E-state index is 12.4. The molecule has 3 rings (SSSR count). The lowest BCUT2D eigenvalue weighted by Crippen LogP contribution is -2.16. The average Bonchev–Trinajstić information content (AvgIpc) is 3.14. The summed E-state index contributed by atoms with van der Waals surface area (Å²) in [5.74, 6) is 0.789. The van der Waals surface area contributed by atoms with Gasteiger partial charge in [-0.2, -0.15) is 5.10 Å². The first-order valence-corrected chi connectivity index (χ1v) is 10.6. The molecule has 0 unspecified atom stereocenters. The van der Waals surface area contributed by atoms with Crippen molar-refractivity contribution in [3.63, 3.8) is 0 Å². The Labute approximate surface area is 184 Å². The molecular weight excluding hydrogens is 474 g/mol. The number of benzene rings is 2. The summed E-state index contributed by atoms with van der Waals surface area (Å²) >= 11 is 4.70. The number of thiophene rings is 1. The Hall–Kier alpha value is -2.98. The van der Waals surface area contributed by atoms with Crippen LogP contribution >= 0.6 is 27.3 Å². The fourth-order valence-electron chi connectivity index (χ4n) is 2.69. The number of nitrogens with zero attached hydrogens (tertiary/aromatic N) is 2. The van der Waals surface area contributed by atoms with E-state index in [4.69, 9.17) is 9.47 Å². The number of nitro benzene ring substituents is 1. The minimum absolute atomic E-state index is 0.0172. The van der Waals surface area contributed by atoms with Gasteiger partial charge in [-0.05, 0) is 59.6 Å². The zero-order valence-corrected chi connectivity index (χ0v) is 18.6. The molecule has 0 saturated carbocycles. The lowest BCUT2D eigenvalue weighted by molar-refractivity contribution is -0.384. The molecule has 3 aromatic rings. The molecule has 0 spiro atoms. The van der Waals surface area contributed by atoms with Crippen LogP contribution in [-0.4, -0.2) is 30.3 Å². The standard InChI is InChI=1S/C20H18BrN3O5S/c1-3-28-16-8-12(7-15(21)19(16)29-4-2)11-22-23-20(25)18-10-13-9-14(24(26)27)5-6-17(13)30-18/h5-11H,3-4H2,1-2H3,(H,23,25). The zero-order chi connectivity index (χ0) is 21.7. The number of nitro groups is 1. The molecule has 0 bridgehead atoms. The molecule has 2 aromatic carbocycles. The number of carbonyl (C=O) groups is 1. The van der Waals surface area contributed by atoms with Crippen molar-refractivity contribution in [1.82, 2.24) is 5.43 Å². The van der Waals surface area contributed by atoms with E-state index in [1.165, 1.54) is 29.7 Å². The third-order valence-corrected chi connectivity index (χ3v) is 5.64. The largest absolute Gasteiger partial charge is 0.490 e. The van der Waals surface area contributed by atoms with Crippen molar-refractivity contribution in [3.05, 3.63) is 61.4 Å². The Bertz CT molecular complexity index is 1130. The second-order valence-corrected chi connectivity index (χ2v) is 7.92. The molecular formula is C20H18BrN3O5S. The maximum Gasteiger partial charge on any atom is 0.281 e. The fraction of sp³-hybridized carbons (Fsp3) is 0.200. The number of hydrazone groups is 1. The molecule has 0 aliphatic rings. The van der Waals surface area contributed by atoms with Crippen LogP contribution in [0, 0.1) is 10.1 Å². The Morgan fingerprint density at radius 3 is 2.70 bits per heavy atom. The van der Waals surface area contributed by atoms with Gasteiger partial charge in [-0.25, -0.2) is 5.43 Å². The quantitative estimate of drug-likeness (QED) is 0.267. The van der Waals surface area contributed by atoms with Gasteiger partial charge in [0.25, 0.3) is 11.6 Å². The number of carbonyl (C=O) groups excluding carboxylic acids is 1. The Morgan fingerprint density at radius 1 is 1.23 bits per heavy atom. The van der Waals surface area contributed by atoms with Crippen LogP contribution in [0.4, 0.5) is 5.69 Å². The van der Waals surface area contributed by atoms with Gasteiger partial charge in [0.05, 0.1) is 33.7 Å². The van der Waals surface area contributed by atoms with Crippen LogP contribution in [0.15, 0.2) is 46.0 Å². The van der Waals surface area contributed by atoms with Gasteiger partial charge in [-0.1, -0.05) is 0 Å². The molecule has 156 valence electrons. The van der Waals surface area contributed by atoms with Gasteiger partial charge < -0.3 is 9.47 Å². The van der Waals surface area contributed by atoms with Gasteiger partial charge in [0, 0.05) is 22.2 Å². The molecule has 0 radical (unpaired) electrons. The topological polar surface area (TPSA) is 103 Å². The summed E-state index contributed by atoms with van der Waals surface area (Å²) in [6.07, 6.45) is 1.50. The second kappa shape index (κ2) is 9.68. The predicted octanol–water partition coefficient (Wildman–Crippen LogP) is 5.13. The molecule has 0 saturated heterocycles. The summed E-state index contributed by atoms with van der Waals surface area (Å²) < 4.78 is 12.7. The Kier molecular flexibility index (Phi) is 7.01. The molecule has 0 aliphatic heterocycles. The van der Waals surface area contributed by atoms with Crippen molar-refractivity contribution in [1.29, 1.82) is 0 Å². The van der Waals surface area contributed by atoms with Gasteiger partial charge in [0.1, 0.15) is 0 Å². The minimum atomic E-state index is -0.466. The first kappa shape index (κ1) is 21.7. The first-order chi connectivity index (χ1) is 14.4. The number of rotatable bonds is 8. The fourth-order valence-corrected chi connectivity index (χ4v) is 4.19. The number of halogens is 1. The third kappa shape index (κ3) is 4.95. The Balaban J connectivity index is 1.75. The van der Waals surface area contributed by atoms with Gasteiger partial charge in [-0.15, -0.1) is 11.3 Å². The summed E-state index contributed by atoms with van der Waals surface area (Å²) in [5.41, 5.74) is 3.17. The summed E-state index contributed by atoms with van der Waals surface area (Å²) in [5, 5.41) is 15.5. The number of hydrogen-bond acceptors (Lipinski definition) is 7. The number of ether oxygens (including phenoxy) is 2. The van der Waals surface area contributed by atoms with Crippen LogP contribution in [-0.2, 0) is 0 Å². The van der Waals surface area contributed by atoms with E-state index >= 15 is 0 Å². The van der Waals surface area contributed by atoms with Gasteiger partial charge >= 0.3 is 0 Å². The lowest BCUT2D eigenvalue weighted by atomic mass is 10.2. The molecule has 0 aliphatic carbocycles. The number of amides is 1. The van der Waals surface area contributed by atoms with Crippen LogP contribution in [0.1, 0.15) is 29.1 Å². The summed E-state index contributed by atoms with van der Waals surface area (Å²) in [7, 11) is 0. The smallest absolute Gasteiger partial charge is 0.281 e. The SMILES string of the molecule is CCOc1cc(C=NNC(=O)c2cc3cc([N+](=O)[O-])ccc3s2)cc(Br)c1OCC. The van der Waals surface area contributed by atoms with E-state index in [1.807, 2.05) is 19.9 Å². The van der Waals surface area contributed by atoms with Crippen molar-refractivity contribution < 1.29 is 19.2 Å². The van der Waals surface area contributed by atoms with Crippen molar-refractivity contribution in [3.8, 4) is 11.5 Å². The number of non-ortho nitro benzene ring substituents is 1. The van der Waals surface area contributed by atoms with E-state index in [9.17, 15) is 14.9 Å². The minimum Gasteiger partial charge on any atom is -0.490 e. The highest BCUT2D eigenvalue weighted by Gasteiger charge is 2.14. The molecule has 30 heavy (non-hydrogen) atoms. The van der Waals surface area contributed by atoms with E-state index in [-0.39, 0.29) is 5.69 Å². The summed E-state index contributed by atoms with van der Waals surface area (Å²) in [6, 6.07) is 9.68. The van der Waals surface area contributed by atoms with Crippen molar-refractivity contribution in [2.75, 3.05) is 13.2 Å². The highest BCUT2D eigenvalue weighted by molar-refractivity contribution is 9.10. The highest BCUT2D eigenvalue weighted by Crippen LogP contribution is 2.36. The molecule has 1 N–H and O–H groups in total. The Morgan fingerprint density at radius 2 is 2.00 bits per heavy atom. The van der Waals surface area contributed by atoms with Gasteiger partial charge in [0.2, 0.25) is 0 Å². The van der Waals surface area contributed by atoms with Crippen LogP contribution in [0.3, 0.4) is 0 Å². The van der Waals surface area contributed by atoms with Gasteiger partial charge in [-0.3, -0.25) is 14.9 Å². The van der Waals surface area contributed by atoms with Crippen molar-refractivity contribution >= 4 is 55.2 Å². The van der Waals surface area contributed by atoms with E-state index in [0.29, 0.717) is 45.0 Å². The molecule has 1 aromatic heterocycles. The monoisotopic (exact) mass is 491 g/mol. The lowest BCUT2D eigenvalue weighted by Gasteiger charge is -2.13. The van der Waals surface area contributed by atoms with Crippen LogP contribution in [0.25, 0.3) is 10.1 Å². The highest BCUT2D eigenvalue weighted by atomic mass is 79.9. The molecule has 1 heterocycles. The van der Waals surface area contributed by atoms with E-state index < -0.39 is 10.8 Å². The molecule has 1 amide bonds. The molecule has 10 heteroatoms. The van der Waals surface area contributed by atoms with E-state index in [0.717, 1.165) is 4.70 Å². The molecule has 0 atom stereocenters. The second-order valence-electron chi connectivity index (χ2n) is 5.99. The maximum absolute atomic E-state index is 12.4. The first-order valence-electron chi connectivity index (χ1n) is 9.03. The van der Waals surface area contributed by atoms with Crippen LogP contribution in [0.5, 0.6) is 11.5 Å². The summed E-state index contributed by atoms with van der Waals surface area (Å²) in [4.78, 5) is 23.2. The van der Waals surface area contributed by atoms with Crippen molar-refractivity contribution in [2.45, 2.75) is 13.8 Å². The van der Waals surface area contributed by atoms with Crippen LogP contribution < -0.4 is 14.9 Å². The molecule has 8 nitrogen and oxygen atoms in total. The third-order valence-electron chi connectivity index (χ3n) is 3.93. The zero-order valence-electron chi connectivity index (χ0n) is 16.2. The summed E-state index contributed by atoms with van der Waals surface area (Å²) in [6.45, 7) is 4.75. The normalized spacial score (nSPS) is 11.0. The number of fused-ring (bicyclic) bond motifs is 1. The van der Waals surface area contributed by atoms with E-state index in [1.54, 1.807) is 18.2 Å². The predicted molar refractivity (Wildman–Crippen MR) is 120 cm³/mol. The van der Waals surface area contributed by atoms with Crippen LogP contribution in [0.2, 0.25) is 0 Å². The molecule has 0 fully saturated rings. The van der Waals surface area contributed by atoms with Gasteiger partial charge in [0.15, 0.2) is 11.5 Å². The van der Waals surface area contributed by atoms with E-state index in [2.05, 4.69) is 26.5 Å². The number of hydrogen-bond donors (Lipinski definition) is 1. The van der Waals surface area contributed by atoms with Crippen molar-refractivity contribution in [2.24, 2.45) is 5.10 Å². The number of nitrogens with one attached hydrogen (secondary N) is 1.